The summed E-state index contributed by atoms with van der Waals surface area (Å²) in [6, 6.07) is 0.654. The van der Waals surface area contributed by atoms with E-state index in [1.54, 1.807) is 0 Å². The van der Waals surface area contributed by atoms with Crippen LogP contribution in [0.2, 0.25) is 0 Å². The lowest BCUT2D eigenvalue weighted by Gasteiger charge is -2.29. The highest BCUT2D eigenvalue weighted by molar-refractivity contribution is 7.99. The molecule has 1 saturated heterocycles. The zero-order chi connectivity index (χ0) is 11.4. The Morgan fingerprint density at radius 1 is 1.50 bits per heavy atom. The van der Waals surface area contributed by atoms with Crippen LogP contribution in [0, 0.1) is 11.8 Å². The summed E-state index contributed by atoms with van der Waals surface area (Å²) in [6.45, 7) is 0.808. The van der Waals surface area contributed by atoms with Crippen LogP contribution < -0.4 is 5.32 Å². The maximum atomic E-state index is 11.7. The largest absolute Gasteiger partial charge is 0.469 e. The van der Waals surface area contributed by atoms with Crippen LogP contribution in [0.5, 0.6) is 0 Å². The van der Waals surface area contributed by atoms with Crippen LogP contribution in [0.1, 0.15) is 25.7 Å². The minimum absolute atomic E-state index is 0.0284. The Bertz CT molecular complexity index is 237. The summed E-state index contributed by atoms with van der Waals surface area (Å²) in [7, 11) is 1.50. The number of thioether (sulfide) groups is 1. The number of carbonyl (C=O) groups excluding carboxylic acids is 1. The van der Waals surface area contributed by atoms with Crippen LogP contribution in [0.4, 0.5) is 0 Å². The van der Waals surface area contributed by atoms with Crippen molar-refractivity contribution in [3.05, 3.63) is 0 Å². The number of nitrogens with one attached hydrogen (secondary N) is 1. The number of hydrogen-bond acceptors (Lipinski definition) is 4. The predicted molar refractivity (Wildman–Crippen MR) is 66.6 cm³/mol. The van der Waals surface area contributed by atoms with Gasteiger partial charge in [0.15, 0.2) is 0 Å². The van der Waals surface area contributed by atoms with Gasteiger partial charge in [0, 0.05) is 12.6 Å². The Labute approximate surface area is 102 Å². The van der Waals surface area contributed by atoms with E-state index in [1.807, 2.05) is 11.8 Å². The summed E-state index contributed by atoms with van der Waals surface area (Å²) in [5.41, 5.74) is 0. The minimum Gasteiger partial charge on any atom is -0.469 e. The summed E-state index contributed by atoms with van der Waals surface area (Å²) in [5, 5.41) is 3.50. The van der Waals surface area contributed by atoms with Gasteiger partial charge in [0.2, 0.25) is 0 Å². The van der Waals surface area contributed by atoms with Crippen molar-refractivity contribution in [1.29, 1.82) is 0 Å². The monoisotopic (exact) mass is 243 g/mol. The third kappa shape index (κ3) is 2.92. The number of hydrogen-bond donors (Lipinski definition) is 1. The van der Waals surface area contributed by atoms with Gasteiger partial charge in [0.25, 0.3) is 0 Å². The summed E-state index contributed by atoms with van der Waals surface area (Å²) in [4.78, 5) is 11.7. The topological polar surface area (TPSA) is 38.3 Å². The molecule has 0 aromatic carbocycles. The zero-order valence-electron chi connectivity index (χ0n) is 9.91. The maximum Gasteiger partial charge on any atom is 0.310 e. The average molecular weight is 243 g/mol. The van der Waals surface area contributed by atoms with Gasteiger partial charge in [-0.2, -0.15) is 11.8 Å². The molecule has 3 nitrogen and oxygen atoms in total. The molecule has 2 aliphatic rings. The first-order chi connectivity index (χ1) is 7.81. The second kappa shape index (κ2) is 5.92. The summed E-state index contributed by atoms with van der Waals surface area (Å²) >= 11 is 1.96. The van der Waals surface area contributed by atoms with E-state index < -0.39 is 0 Å². The molecule has 1 heterocycles. The van der Waals surface area contributed by atoms with Crippen molar-refractivity contribution >= 4 is 17.7 Å². The van der Waals surface area contributed by atoms with Crippen molar-refractivity contribution in [2.24, 2.45) is 11.8 Å². The molecule has 4 heteroatoms. The first-order valence-electron chi connectivity index (χ1n) is 6.20. The third-order valence-corrected chi connectivity index (χ3v) is 4.96. The Balaban J connectivity index is 1.82. The van der Waals surface area contributed by atoms with Crippen molar-refractivity contribution < 1.29 is 9.53 Å². The van der Waals surface area contributed by atoms with Gasteiger partial charge in [-0.15, -0.1) is 0 Å². The average Bonchev–Trinajstić information content (AvgIpc) is 2.74. The maximum absolute atomic E-state index is 11.7. The standard InChI is InChI=1S/C12H21NO2S/c1-15-12(14)11(9-5-6-16-8-9)7-13-10-3-2-4-10/h9-11,13H,2-8H2,1H3. The SMILES string of the molecule is COC(=O)C(CNC1CCC1)C1CCSC1. The number of ether oxygens (including phenoxy) is 1. The predicted octanol–water partition coefficient (Wildman–Crippen LogP) is 1.67. The normalized spacial score (nSPS) is 27.4. The molecular formula is C12H21NO2S. The molecule has 0 spiro atoms. The van der Waals surface area contributed by atoms with E-state index in [4.69, 9.17) is 4.74 Å². The first kappa shape index (κ1) is 12.2. The van der Waals surface area contributed by atoms with Gasteiger partial charge in [-0.05, 0) is 36.7 Å². The molecule has 0 bridgehead atoms. The molecule has 1 saturated carbocycles. The van der Waals surface area contributed by atoms with Crippen LogP contribution in [-0.2, 0) is 9.53 Å². The summed E-state index contributed by atoms with van der Waals surface area (Å²) < 4.78 is 4.92. The van der Waals surface area contributed by atoms with E-state index in [1.165, 1.54) is 32.1 Å². The van der Waals surface area contributed by atoms with Crippen LogP contribution in [0.15, 0.2) is 0 Å². The van der Waals surface area contributed by atoms with Gasteiger partial charge < -0.3 is 10.1 Å². The Morgan fingerprint density at radius 2 is 2.31 bits per heavy atom. The lowest BCUT2D eigenvalue weighted by Crippen LogP contribution is -2.42. The van der Waals surface area contributed by atoms with Crippen molar-refractivity contribution in [3.63, 3.8) is 0 Å². The Morgan fingerprint density at radius 3 is 2.81 bits per heavy atom. The lowest BCUT2D eigenvalue weighted by atomic mass is 9.89. The van der Waals surface area contributed by atoms with E-state index in [-0.39, 0.29) is 11.9 Å². The van der Waals surface area contributed by atoms with Crippen molar-refractivity contribution in [3.8, 4) is 0 Å². The van der Waals surface area contributed by atoms with E-state index in [0.29, 0.717) is 12.0 Å². The lowest BCUT2D eigenvalue weighted by molar-refractivity contribution is -0.147. The molecule has 0 aromatic rings. The van der Waals surface area contributed by atoms with Gasteiger partial charge in [-0.3, -0.25) is 4.79 Å². The Hall–Kier alpha value is -0.220. The molecule has 1 N–H and O–H groups in total. The minimum atomic E-state index is -0.0284. The quantitative estimate of drug-likeness (QED) is 0.746. The number of methoxy groups -OCH3 is 1. The van der Waals surface area contributed by atoms with Gasteiger partial charge in [0.05, 0.1) is 13.0 Å². The highest BCUT2D eigenvalue weighted by Crippen LogP contribution is 2.30. The molecule has 1 aliphatic carbocycles. The van der Waals surface area contributed by atoms with Crippen molar-refractivity contribution in [1.82, 2.24) is 5.32 Å². The molecule has 92 valence electrons. The van der Waals surface area contributed by atoms with E-state index >= 15 is 0 Å². The highest BCUT2D eigenvalue weighted by atomic mass is 32.2. The summed E-state index contributed by atoms with van der Waals surface area (Å²) in [6.07, 6.45) is 5.04. The van der Waals surface area contributed by atoms with Gasteiger partial charge in [-0.25, -0.2) is 0 Å². The molecule has 2 fully saturated rings. The van der Waals surface area contributed by atoms with Crippen LogP contribution in [-0.4, -0.2) is 37.2 Å². The molecule has 0 amide bonds. The number of rotatable bonds is 5. The number of carbonyl (C=O) groups is 1. The van der Waals surface area contributed by atoms with Gasteiger partial charge in [-0.1, -0.05) is 6.42 Å². The molecule has 16 heavy (non-hydrogen) atoms. The molecule has 2 unspecified atom stereocenters. The molecular weight excluding hydrogens is 222 g/mol. The second-order valence-electron chi connectivity index (χ2n) is 4.79. The molecule has 2 rings (SSSR count). The fraction of sp³-hybridized carbons (Fsp3) is 0.917. The second-order valence-corrected chi connectivity index (χ2v) is 5.94. The summed E-state index contributed by atoms with van der Waals surface area (Å²) in [5.74, 6) is 2.87. The third-order valence-electron chi connectivity index (χ3n) is 3.77. The van der Waals surface area contributed by atoms with Crippen LogP contribution in [0.25, 0.3) is 0 Å². The first-order valence-corrected chi connectivity index (χ1v) is 7.35. The molecule has 2 atom stereocenters. The van der Waals surface area contributed by atoms with Gasteiger partial charge in [0.1, 0.15) is 0 Å². The van der Waals surface area contributed by atoms with E-state index in [0.717, 1.165) is 18.7 Å². The Kier molecular flexibility index (Phi) is 4.53. The molecule has 0 radical (unpaired) electrons. The van der Waals surface area contributed by atoms with Gasteiger partial charge >= 0.3 is 5.97 Å². The van der Waals surface area contributed by atoms with E-state index in [9.17, 15) is 4.79 Å². The smallest absolute Gasteiger partial charge is 0.310 e. The highest BCUT2D eigenvalue weighted by Gasteiger charge is 2.32. The molecule has 1 aliphatic heterocycles. The fourth-order valence-electron chi connectivity index (χ4n) is 2.37. The van der Waals surface area contributed by atoms with Crippen LogP contribution >= 0.6 is 11.8 Å². The fourth-order valence-corrected chi connectivity index (χ4v) is 3.71. The van der Waals surface area contributed by atoms with Crippen molar-refractivity contribution in [2.45, 2.75) is 31.7 Å². The van der Waals surface area contributed by atoms with E-state index in [2.05, 4.69) is 5.32 Å². The van der Waals surface area contributed by atoms with Crippen LogP contribution in [0.3, 0.4) is 0 Å². The van der Waals surface area contributed by atoms with Crippen molar-refractivity contribution in [2.75, 3.05) is 25.2 Å². The zero-order valence-corrected chi connectivity index (χ0v) is 10.7. The number of esters is 1. The molecule has 0 aromatic heterocycles.